The molecule has 2 aromatic carbocycles. The van der Waals surface area contributed by atoms with Crippen LogP contribution in [0.5, 0.6) is 0 Å². The summed E-state index contributed by atoms with van der Waals surface area (Å²) in [6.45, 7) is 2.51. The number of nitro benzene ring substituents is 1. The van der Waals surface area contributed by atoms with Gasteiger partial charge in [0.1, 0.15) is 0 Å². The Hall–Kier alpha value is -3.54. The Labute approximate surface area is 150 Å². The molecule has 0 radical (unpaired) electrons. The fraction of sp³-hybridized carbons (Fsp3) is 0.100. The molecular formula is C20H18N3O3+. The second-order valence-electron chi connectivity index (χ2n) is 5.95. The average Bonchev–Trinajstić information content (AvgIpc) is 2.64. The molecule has 1 amide bonds. The van der Waals surface area contributed by atoms with Gasteiger partial charge in [-0.2, -0.15) is 0 Å². The number of nitrogens with zero attached hydrogens (tertiary/aromatic N) is 2. The van der Waals surface area contributed by atoms with Crippen molar-refractivity contribution in [3.8, 4) is 0 Å². The van der Waals surface area contributed by atoms with Crippen LogP contribution in [0.15, 0.2) is 73.1 Å². The molecule has 1 heterocycles. The fourth-order valence-electron chi connectivity index (χ4n) is 2.56. The zero-order chi connectivity index (χ0) is 18.5. The molecule has 0 bridgehead atoms. The number of hydrogen-bond acceptors (Lipinski definition) is 3. The highest BCUT2D eigenvalue weighted by atomic mass is 16.6. The molecule has 3 aromatic rings. The minimum atomic E-state index is -0.418. The van der Waals surface area contributed by atoms with Crippen molar-refractivity contribution in [1.82, 2.24) is 0 Å². The van der Waals surface area contributed by atoms with E-state index >= 15 is 0 Å². The maximum absolute atomic E-state index is 12.4. The van der Waals surface area contributed by atoms with Crippen LogP contribution in [0.2, 0.25) is 0 Å². The minimum absolute atomic E-state index is 0.0713. The molecule has 26 heavy (non-hydrogen) atoms. The van der Waals surface area contributed by atoms with Gasteiger partial charge in [-0.05, 0) is 30.7 Å². The predicted octanol–water partition coefficient (Wildman–Crippen LogP) is 3.49. The van der Waals surface area contributed by atoms with Crippen molar-refractivity contribution in [2.24, 2.45) is 0 Å². The van der Waals surface area contributed by atoms with Gasteiger partial charge in [0.2, 0.25) is 0 Å². The first kappa shape index (κ1) is 17.3. The summed E-state index contributed by atoms with van der Waals surface area (Å²) in [6.07, 6.45) is 3.63. The average molecular weight is 348 g/mol. The molecule has 0 aliphatic rings. The van der Waals surface area contributed by atoms with Gasteiger partial charge in [0.25, 0.3) is 11.6 Å². The molecule has 1 aromatic heterocycles. The molecule has 0 atom stereocenters. The SMILES string of the molecule is Cc1ccccc1NC(=O)c1cc[n+](Cc2ccc([N+](=O)[O-])cc2)cc1. The van der Waals surface area contributed by atoms with Crippen LogP contribution < -0.4 is 9.88 Å². The number of carbonyl (C=O) groups excluding carboxylic acids is 1. The van der Waals surface area contributed by atoms with E-state index < -0.39 is 4.92 Å². The van der Waals surface area contributed by atoms with Crippen LogP contribution in [0, 0.1) is 17.0 Å². The number of anilines is 1. The van der Waals surface area contributed by atoms with E-state index in [1.165, 1.54) is 12.1 Å². The predicted molar refractivity (Wildman–Crippen MR) is 98.0 cm³/mol. The number of aryl methyl sites for hydroxylation is 1. The van der Waals surface area contributed by atoms with Crippen molar-refractivity contribution in [2.45, 2.75) is 13.5 Å². The third kappa shape index (κ3) is 4.10. The third-order valence-corrected chi connectivity index (χ3v) is 4.06. The van der Waals surface area contributed by atoms with E-state index in [2.05, 4.69) is 5.32 Å². The van der Waals surface area contributed by atoms with E-state index in [9.17, 15) is 14.9 Å². The van der Waals surface area contributed by atoms with Gasteiger partial charge in [0.15, 0.2) is 18.9 Å². The van der Waals surface area contributed by atoms with Gasteiger partial charge >= 0.3 is 0 Å². The number of para-hydroxylation sites is 1. The number of carbonyl (C=O) groups is 1. The summed E-state index contributed by atoms with van der Waals surface area (Å²) >= 11 is 0. The first-order valence-electron chi connectivity index (χ1n) is 8.12. The lowest BCUT2D eigenvalue weighted by Crippen LogP contribution is -2.33. The second kappa shape index (κ2) is 7.57. The van der Waals surface area contributed by atoms with E-state index in [1.54, 1.807) is 24.3 Å². The van der Waals surface area contributed by atoms with Gasteiger partial charge in [-0.3, -0.25) is 14.9 Å². The Morgan fingerprint density at radius 3 is 2.31 bits per heavy atom. The van der Waals surface area contributed by atoms with Crippen LogP contribution in [0.4, 0.5) is 11.4 Å². The molecule has 0 saturated heterocycles. The van der Waals surface area contributed by atoms with Crippen LogP contribution in [-0.4, -0.2) is 10.8 Å². The summed E-state index contributed by atoms with van der Waals surface area (Å²) in [5.41, 5.74) is 3.37. The molecule has 0 fully saturated rings. The number of hydrogen-bond donors (Lipinski definition) is 1. The van der Waals surface area contributed by atoms with Crippen molar-refractivity contribution in [1.29, 1.82) is 0 Å². The Morgan fingerprint density at radius 2 is 1.69 bits per heavy atom. The van der Waals surface area contributed by atoms with Crippen molar-refractivity contribution >= 4 is 17.3 Å². The van der Waals surface area contributed by atoms with Gasteiger partial charge in [-0.15, -0.1) is 0 Å². The molecule has 6 heteroatoms. The number of benzene rings is 2. The number of aromatic nitrogens is 1. The van der Waals surface area contributed by atoms with E-state index in [0.717, 1.165) is 16.8 Å². The molecular weight excluding hydrogens is 330 g/mol. The highest BCUT2D eigenvalue weighted by Crippen LogP contribution is 2.14. The Kier molecular flexibility index (Phi) is 5.03. The van der Waals surface area contributed by atoms with Crippen LogP contribution in [-0.2, 0) is 6.54 Å². The fourth-order valence-corrected chi connectivity index (χ4v) is 2.56. The van der Waals surface area contributed by atoms with Crippen molar-refractivity contribution in [2.75, 3.05) is 5.32 Å². The normalized spacial score (nSPS) is 10.3. The highest BCUT2D eigenvalue weighted by molar-refractivity contribution is 6.04. The van der Waals surface area contributed by atoms with Gasteiger partial charge in [-0.1, -0.05) is 18.2 Å². The van der Waals surface area contributed by atoms with Crippen molar-refractivity contribution in [3.63, 3.8) is 0 Å². The van der Waals surface area contributed by atoms with Crippen LogP contribution in [0.1, 0.15) is 21.5 Å². The number of pyridine rings is 1. The van der Waals surface area contributed by atoms with E-state index in [-0.39, 0.29) is 11.6 Å². The smallest absolute Gasteiger partial charge is 0.269 e. The van der Waals surface area contributed by atoms with Crippen LogP contribution in [0.3, 0.4) is 0 Å². The summed E-state index contributed by atoms with van der Waals surface area (Å²) in [7, 11) is 0. The number of rotatable bonds is 5. The van der Waals surface area contributed by atoms with Gasteiger partial charge in [0, 0.05) is 35.5 Å². The van der Waals surface area contributed by atoms with E-state index in [4.69, 9.17) is 0 Å². The molecule has 3 rings (SSSR count). The zero-order valence-electron chi connectivity index (χ0n) is 14.3. The quantitative estimate of drug-likeness (QED) is 0.436. The lowest BCUT2D eigenvalue weighted by molar-refractivity contribution is -0.688. The summed E-state index contributed by atoms with van der Waals surface area (Å²) < 4.78 is 1.91. The molecule has 0 aliphatic carbocycles. The monoisotopic (exact) mass is 348 g/mol. The first-order chi connectivity index (χ1) is 12.5. The number of nitro groups is 1. The Bertz CT molecular complexity index is 935. The Morgan fingerprint density at radius 1 is 1.04 bits per heavy atom. The van der Waals surface area contributed by atoms with Crippen molar-refractivity contribution in [3.05, 3.63) is 99.9 Å². The highest BCUT2D eigenvalue weighted by Gasteiger charge is 2.11. The van der Waals surface area contributed by atoms with Gasteiger partial charge in [-0.25, -0.2) is 4.57 Å². The Balaban J connectivity index is 1.67. The standard InChI is InChI=1S/C20H17N3O3/c1-15-4-2-3-5-19(15)21-20(24)17-10-12-22(13-11-17)14-16-6-8-18(9-7-16)23(25)26/h2-13H,14H2,1H3/p+1. The maximum atomic E-state index is 12.4. The molecule has 6 nitrogen and oxygen atoms in total. The van der Waals surface area contributed by atoms with Gasteiger partial charge in [0.05, 0.1) is 10.5 Å². The molecule has 0 aliphatic heterocycles. The number of nitrogens with one attached hydrogen (secondary N) is 1. The second-order valence-corrected chi connectivity index (χ2v) is 5.95. The third-order valence-electron chi connectivity index (χ3n) is 4.06. The lowest BCUT2D eigenvalue weighted by atomic mass is 10.2. The molecule has 0 unspecified atom stereocenters. The van der Waals surface area contributed by atoms with E-state index in [0.29, 0.717) is 12.1 Å². The van der Waals surface area contributed by atoms with E-state index in [1.807, 2.05) is 48.1 Å². The zero-order valence-corrected chi connectivity index (χ0v) is 14.3. The summed E-state index contributed by atoms with van der Waals surface area (Å²) in [5, 5.41) is 13.6. The topological polar surface area (TPSA) is 76.1 Å². The lowest BCUT2D eigenvalue weighted by Gasteiger charge is -2.07. The first-order valence-corrected chi connectivity index (χ1v) is 8.12. The van der Waals surface area contributed by atoms with Crippen LogP contribution >= 0.6 is 0 Å². The molecule has 1 N–H and O–H groups in total. The summed E-state index contributed by atoms with van der Waals surface area (Å²) in [6, 6.07) is 17.5. The summed E-state index contributed by atoms with van der Waals surface area (Å²) in [5.74, 6) is -0.165. The van der Waals surface area contributed by atoms with Crippen LogP contribution in [0.25, 0.3) is 0 Å². The molecule has 130 valence electrons. The largest absolute Gasteiger partial charge is 0.322 e. The summed E-state index contributed by atoms with van der Waals surface area (Å²) in [4.78, 5) is 22.6. The molecule has 0 spiro atoms. The van der Waals surface area contributed by atoms with Gasteiger partial charge < -0.3 is 5.32 Å². The van der Waals surface area contributed by atoms with Crippen molar-refractivity contribution < 1.29 is 14.3 Å². The minimum Gasteiger partial charge on any atom is -0.322 e. The molecule has 0 saturated carbocycles. The number of non-ortho nitro benzene ring substituents is 1. The maximum Gasteiger partial charge on any atom is 0.269 e. The number of amides is 1.